The number of carbonyl (C=O) groups excluding carboxylic acids is 2. The molecule has 1 aliphatic heterocycles. The number of ketones is 2. The molecule has 8 heteroatoms. The number of hydrogen-bond acceptors (Lipinski definition) is 6. The first kappa shape index (κ1) is 25.2. The molecular weight excluding hydrogens is 444 g/mol. The van der Waals surface area contributed by atoms with Gasteiger partial charge < -0.3 is 9.84 Å². The van der Waals surface area contributed by atoms with Gasteiger partial charge in [0.1, 0.15) is 11.6 Å². The van der Waals surface area contributed by atoms with Crippen molar-refractivity contribution in [1.29, 1.82) is 0 Å². The van der Waals surface area contributed by atoms with Gasteiger partial charge in [0.2, 0.25) is 0 Å². The molecule has 5 fully saturated rings. The van der Waals surface area contributed by atoms with Crippen molar-refractivity contribution in [3.8, 4) is 0 Å². The SMILES string of the molecule is CC1(C)CN(C2C[C@@]3(C)C(CC[C@H]4[C@@H]5CC[C@H](C(=O)CN=[N+]=[N-])[C@@]5(C)CC(=O)[C@@H]43)CC2O)CCO1. The number of Topliss-reactive ketones (excluding diaryl/α,β-unsaturated/α-hetero) is 2. The van der Waals surface area contributed by atoms with E-state index in [1.165, 1.54) is 0 Å². The van der Waals surface area contributed by atoms with E-state index in [1.807, 2.05) is 0 Å². The summed E-state index contributed by atoms with van der Waals surface area (Å²) in [7, 11) is 0. The zero-order valence-electron chi connectivity index (χ0n) is 21.8. The molecule has 1 saturated heterocycles. The van der Waals surface area contributed by atoms with Crippen LogP contribution < -0.4 is 0 Å². The van der Waals surface area contributed by atoms with Gasteiger partial charge in [0.15, 0.2) is 0 Å². The second-order valence-corrected chi connectivity index (χ2v) is 13.3. The summed E-state index contributed by atoms with van der Waals surface area (Å²) in [6.07, 6.45) is 5.53. The molecule has 1 heterocycles. The van der Waals surface area contributed by atoms with E-state index < -0.39 is 0 Å². The summed E-state index contributed by atoms with van der Waals surface area (Å²) in [4.78, 5) is 32.1. The highest BCUT2D eigenvalue weighted by molar-refractivity contribution is 5.88. The lowest BCUT2D eigenvalue weighted by Gasteiger charge is -2.62. The minimum atomic E-state index is -0.364. The van der Waals surface area contributed by atoms with Gasteiger partial charge in [-0.2, -0.15) is 0 Å². The number of morpholine rings is 1. The molecule has 9 atom stereocenters. The predicted molar refractivity (Wildman–Crippen MR) is 131 cm³/mol. The number of fused-ring (bicyclic) bond motifs is 5. The number of aliphatic hydroxyl groups excluding tert-OH is 1. The monoisotopic (exact) mass is 486 g/mol. The highest BCUT2D eigenvalue weighted by Crippen LogP contribution is 2.66. The quantitative estimate of drug-likeness (QED) is 0.364. The van der Waals surface area contributed by atoms with Crippen LogP contribution in [0.1, 0.15) is 72.6 Å². The van der Waals surface area contributed by atoms with E-state index >= 15 is 0 Å². The molecule has 0 aromatic carbocycles. The molecule has 35 heavy (non-hydrogen) atoms. The highest BCUT2D eigenvalue weighted by atomic mass is 16.5. The van der Waals surface area contributed by atoms with Crippen LogP contribution >= 0.6 is 0 Å². The fourth-order valence-electron chi connectivity index (χ4n) is 9.54. The zero-order chi connectivity index (χ0) is 25.2. The number of nitrogens with zero attached hydrogens (tertiary/aromatic N) is 4. The molecule has 0 aromatic rings. The van der Waals surface area contributed by atoms with Crippen molar-refractivity contribution in [1.82, 2.24) is 4.90 Å². The van der Waals surface area contributed by atoms with Crippen LogP contribution in [-0.2, 0) is 14.3 Å². The van der Waals surface area contributed by atoms with Gasteiger partial charge in [0.05, 0.1) is 24.9 Å². The third-order valence-electron chi connectivity index (χ3n) is 11.0. The van der Waals surface area contributed by atoms with Crippen molar-refractivity contribution in [2.75, 3.05) is 26.2 Å². The van der Waals surface area contributed by atoms with Crippen LogP contribution in [0.25, 0.3) is 10.4 Å². The number of ether oxygens (including phenoxy) is 1. The van der Waals surface area contributed by atoms with E-state index in [9.17, 15) is 14.7 Å². The van der Waals surface area contributed by atoms with Crippen molar-refractivity contribution in [3.63, 3.8) is 0 Å². The van der Waals surface area contributed by atoms with E-state index in [0.29, 0.717) is 36.6 Å². The fourth-order valence-corrected chi connectivity index (χ4v) is 9.54. The van der Waals surface area contributed by atoms with Crippen LogP contribution in [0, 0.1) is 40.4 Å². The molecule has 5 rings (SSSR count). The minimum absolute atomic E-state index is 0.00488. The second kappa shape index (κ2) is 8.83. The Hall–Kier alpha value is -1.47. The number of aliphatic hydroxyl groups is 1. The van der Waals surface area contributed by atoms with Gasteiger partial charge in [-0.3, -0.25) is 14.5 Å². The Bertz CT molecular complexity index is 932. The first-order chi connectivity index (χ1) is 16.5. The summed E-state index contributed by atoms with van der Waals surface area (Å²) in [6, 6.07) is 0.0565. The molecule has 3 unspecified atom stereocenters. The van der Waals surface area contributed by atoms with Crippen molar-refractivity contribution in [3.05, 3.63) is 10.4 Å². The molecule has 0 aromatic heterocycles. The largest absolute Gasteiger partial charge is 0.391 e. The molecule has 5 aliphatic rings. The minimum Gasteiger partial charge on any atom is -0.391 e. The van der Waals surface area contributed by atoms with Gasteiger partial charge >= 0.3 is 0 Å². The lowest BCUT2D eigenvalue weighted by atomic mass is 9.43. The summed E-state index contributed by atoms with van der Waals surface area (Å²) in [5.74, 6) is 1.16. The van der Waals surface area contributed by atoms with E-state index in [1.54, 1.807) is 0 Å². The summed E-state index contributed by atoms with van der Waals surface area (Å²) in [6.45, 7) is 10.9. The average Bonchev–Trinajstić information content (AvgIpc) is 3.13. The van der Waals surface area contributed by atoms with Crippen LogP contribution in [-0.4, -0.2) is 65.6 Å². The smallest absolute Gasteiger partial charge is 0.142 e. The maximum absolute atomic E-state index is 14.0. The lowest BCUT2D eigenvalue weighted by molar-refractivity contribution is -0.177. The Morgan fingerprint density at radius 2 is 1.97 bits per heavy atom. The Kier molecular flexibility index (Phi) is 6.35. The zero-order valence-corrected chi connectivity index (χ0v) is 21.8. The molecule has 194 valence electrons. The fraction of sp³-hybridized carbons (Fsp3) is 0.926. The Morgan fingerprint density at radius 3 is 2.69 bits per heavy atom. The third kappa shape index (κ3) is 4.05. The number of hydrogen-bond donors (Lipinski definition) is 1. The number of carbonyl (C=O) groups is 2. The molecule has 0 bridgehead atoms. The standard InChI is InChI=1S/C27H42N4O4/c1-25(2)15-31(9-10-35-25)20-12-26(3)16(11-21(20)32)5-6-17-18-7-8-19(23(34)14-29-30-28)27(18,4)13-22(33)24(17)26/h16-21,24,32H,5-15H2,1-4H3/t16?,17-,18-,19+,20?,21?,24+,26-,27-/m0/s1. The normalized spacial score (nSPS) is 47.2. The predicted octanol–water partition coefficient (Wildman–Crippen LogP) is 4.15. The van der Waals surface area contributed by atoms with Crippen LogP contribution in [0.4, 0.5) is 0 Å². The van der Waals surface area contributed by atoms with Gasteiger partial charge in [-0.1, -0.05) is 19.0 Å². The van der Waals surface area contributed by atoms with Gasteiger partial charge in [-0.15, -0.1) is 0 Å². The van der Waals surface area contributed by atoms with Crippen molar-refractivity contribution in [2.24, 2.45) is 45.5 Å². The van der Waals surface area contributed by atoms with Crippen LogP contribution in [0.5, 0.6) is 0 Å². The van der Waals surface area contributed by atoms with Crippen molar-refractivity contribution in [2.45, 2.75) is 90.4 Å². The first-order valence-corrected chi connectivity index (χ1v) is 13.6. The third-order valence-corrected chi connectivity index (χ3v) is 11.0. The Labute approximate surface area is 208 Å². The Morgan fingerprint density at radius 1 is 1.20 bits per heavy atom. The molecule has 4 saturated carbocycles. The average molecular weight is 487 g/mol. The van der Waals surface area contributed by atoms with Gasteiger partial charge in [0, 0.05) is 42.3 Å². The second-order valence-electron chi connectivity index (χ2n) is 13.3. The molecule has 1 N–H and O–H groups in total. The summed E-state index contributed by atoms with van der Waals surface area (Å²) in [5.41, 5.74) is 8.00. The van der Waals surface area contributed by atoms with Gasteiger partial charge in [-0.05, 0) is 86.5 Å². The molecule has 8 nitrogen and oxygen atoms in total. The highest BCUT2D eigenvalue weighted by Gasteiger charge is 2.65. The van der Waals surface area contributed by atoms with E-state index in [2.05, 4.69) is 42.6 Å². The lowest BCUT2D eigenvalue weighted by Crippen LogP contribution is -2.64. The summed E-state index contributed by atoms with van der Waals surface area (Å²) in [5, 5.41) is 14.8. The summed E-state index contributed by atoms with van der Waals surface area (Å²) >= 11 is 0. The maximum Gasteiger partial charge on any atom is 0.142 e. The number of azide groups is 1. The van der Waals surface area contributed by atoms with Gasteiger partial charge in [0.25, 0.3) is 0 Å². The summed E-state index contributed by atoms with van der Waals surface area (Å²) < 4.78 is 5.94. The number of rotatable bonds is 4. The van der Waals surface area contributed by atoms with Crippen LogP contribution in [0.2, 0.25) is 0 Å². The topological polar surface area (TPSA) is 116 Å². The van der Waals surface area contributed by atoms with Crippen LogP contribution in [0.15, 0.2) is 5.11 Å². The van der Waals surface area contributed by atoms with Crippen LogP contribution in [0.3, 0.4) is 0 Å². The molecule has 0 amide bonds. The maximum atomic E-state index is 14.0. The van der Waals surface area contributed by atoms with Crippen molar-refractivity contribution < 1.29 is 19.4 Å². The molecule has 0 radical (unpaired) electrons. The first-order valence-electron chi connectivity index (χ1n) is 13.6. The molecule has 4 aliphatic carbocycles. The Balaban J connectivity index is 1.41. The van der Waals surface area contributed by atoms with Gasteiger partial charge in [-0.25, -0.2) is 0 Å². The van der Waals surface area contributed by atoms with Crippen molar-refractivity contribution >= 4 is 11.6 Å². The molecule has 0 spiro atoms. The van der Waals surface area contributed by atoms with E-state index in [0.717, 1.165) is 51.6 Å². The van der Waals surface area contributed by atoms with E-state index in [-0.39, 0.29) is 52.7 Å². The molecular formula is C27H42N4O4. The van der Waals surface area contributed by atoms with E-state index in [4.69, 9.17) is 10.3 Å².